The molecule has 3 heteroatoms. The van der Waals surface area contributed by atoms with Crippen LogP contribution in [0.5, 0.6) is 0 Å². The molecule has 2 aliphatic rings. The number of ketones is 1. The summed E-state index contributed by atoms with van der Waals surface area (Å²) in [4.78, 5) is 12.2. The van der Waals surface area contributed by atoms with Gasteiger partial charge in [-0.2, -0.15) is 0 Å². The van der Waals surface area contributed by atoms with Crippen molar-refractivity contribution in [2.75, 3.05) is 25.0 Å². The second-order valence-electron chi connectivity index (χ2n) is 6.11. The van der Waals surface area contributed by atoms with Crippen molar-refractivity contribution < 1.29 is 4.79 Å². The average molecular weight is 272 g/mol. The summed E-state index contributed by atoms with van der Waals surface area (Å²) in [6.07, 6.45) is 7.79. The second kappa shape index (κ2) is 6.40. The summed E-state index contributed by atoms with van der Waals surface area (Å²) in [5.74, 6) is 0.997. The molecule has 2 N–H and O–H groups in total. The van der Waals surface area contributed by atoms with E-state index in [4.69, 9.17) is 0 Å². The van der Waals surface area contributed by atoms with E-state index >= 15 is 0 Å². The van der Waals surface area contributed by atoms with Crippen LogP contribution in [-0.2, 0) is 6.42 Å². The van der Waals surface area contributed by atoms with Crippen molar-refractivity contribution in [3.63, 3.8) is 0 Å². The lowest BCUT2D eigenvalue weighted by Crippen LogP contribution is -2.29. The van der Waals surface area contributed by atoms with Gasteiger partial charge in [-0.15, -0.1) is 0 Å². The zero-order valence-corrected chi connectivity index (χ0v) is 12.1. The third-order valence-corrected chi connectivity index (χ3v) is 4.58. The summed E-state index contributed by atoms with van der Waals surface area (Å²) in [5.41, 5.74) is 3.32. The maximum atomic E-state index is 12.2. The Bertz CT molecular complexity index is 478. The first-order valence-corrected chi connectivity index (χ1v) is 7.93. The number of nitrogens with one attached hydrogen (secondary N) is 2. The van der Waals surface area contributed by atoms with Gasteiger partial charge in [-0.3, -0.25) is 4.79 Å². The monoisotopic (exact) mass is 272 g/mol. The minimum atomic E-state index is 0.218. The third-order valence-electron chi connectivity index (χ3n) is 4.58. The van der Waals surface area contributed by atoms with Gasteiger partial charge in [0.25, 0.3) is 0 Å². The maximum Gasteiger partial charge on any atom is 0.176 e. The SMILES string of the molecule is O=C(CNCC1CCCCC1)c1ccc2c(c1)CCN2. The van der Waals surface area contributed by atoms with Gasteiger partial charge in [0.2, 0.25) is 0 Å². The Labute approximate surface area is 121 Å². The van der Waals surface area contributed by atoms with Crippen LogP contribution < -0.4 is 10.6 Å². The smallest absolute Gasteiger partial charge is 0.176 e. The van der Waals surface area contributed by atoms with E-state index in [0.29, 0.717) is 6.54 Å². The Balaban J connectivity index is 1.49. The lowest BCUT2D eigenvalue weighted by atomic mass is 9.89. The van der Waals surface area contributed by atoms with Gasteiger partial charge in [0.1, 0.15) is 0 Å². The fourth-order valence-electron chi connectivity index (χ4n) is 3.36. The minimum absolute atomic E-state index is 0.218. The number of carbonyl (C=O) groups is 1. The molecule has 0 saturated heterocycles. The molecular weight excluding hydrogens is 248 g/mol. The van der Waals surface area contributed by atoms with E-state index in [1.165, 1.54) is 43.4 Å². The number of anilines is 1. The quantitative estimate of drug-likeness (QED) is 0.810. The van der Waals surface area contributed by atoms with Crippen LogP contribution >= 0.6 is 0 Å². The summed E-state index contributed by atoms with van der Waals surface area (Å²) in [7, 11) is 0. The highest BCUT2D eigenvalue weighted by Crippen LogP contribution is 2.24. The zero-order chi connectivity index (χ0) is 13.8. The highest BCUT2D eigenvalue weighted by atomic mass is 16.1. The molecule has 0 atom stereocenters. The number of carbonyl (C=O) groups excluding carboxylic acids is 1. The van der Waals surface area contributed by atoms with Gasteiger partial charge in [0.05, 0.1) is 6.54 Å². The van der Waals surface area contributed by atoms with Crippen molar-refractivity contribution in [3.05, 3.63) is 29.3 Å². The molecule has 0 spiro atoms. The highest BCUT2D eigenvalue weighted by molar-refractivity contribution is 5.98. The lowest BCUT2D eigenvalue weighted by Gasteiger charge is -2.21. The summed E-state index contributed by atoms with van der Waals surface area (Å²) in [6, 6.07) is 6.04. The van der Waals surface area contributed by atoms with Gasteiger partial charge in [0.15, 0.2) is 5.78 Å². The molecule has 20 heavy (non-hydrogen) atoms. The zero-order valence-electron chi connectivity index (χ0n) is 12.1. The molecule has 0 aromatic heterocycles. The Morgan fingerprint density at radius 3 is 2.95 bits per heavy atom. The third kappa shape index (κ3) is 3.21. The predicted molar refractivity (Wildman–Crippen MR) is 82.4 cm³/mol. The molecule has 3 rings (SSSR count). The van der Waals surface area contributed by atoms with E-state index in [-0.39, 0.29) is 5.78 Å². The minimum Gasteiger partial charge on any atom is -0.384 e. The molecule has 1 heterocycles. The molecule has 0 bridgehead atoms. The average Bonchev–Trinajstić information content (AvgIpc) is 2.95. The van der Waals surface area contributed by atoms with E-state index in [0.717, 1.165) is 31.0 Å². The molecule has 1 aromatic rings. The fourth-order valence-corrected chi connectivity index (χ4v) is 3.36. The van der Waals surface area contributed by atoms with Crippen molar-refractivity contribution >= 4 is 11.5 Å². The molecule has 1 aromatic carbocycles. The van der Waals surface area contributed by atoms with Gasteiger partial charge in [-0.25, -0.2) is 0 Å². The number of rotatable bonds is 5. The molecule has 1 aliphatic heterocycles. The fraction of sp³-hybridized carbons (Fsp3) is 0.588. The molecule has 3 nitrogen and oxygen atoms in total. The number of fused-ring (bicyclic) bond motifs is 1. The number of benzene rings is 1. The Morgan fingerprint density at radius 1 is 1.25 bits per heavy atom. The molecular formula is C17H24N2O. The van der Waals surface area contributed by atoms with Crippen LogP contribution in [0, 0.1) is 5.92 Å². The summed E-state index contributed by atoms with van der Waals surface area (Å²) < 4.78 is 0. The molecule has 1 saturated carbocycles. The molecule has 0 unspecified atom stereocenters. The number of hydrogen-bond donors (Lipinski definition) is 2. The molecule has 108 valence electrons. The first-order valence-electron chi connectivity index (χ1n) is 7.93. The van der Waals surface area contributed by atoms with Crippen LogP contribution in [0.15, 0.2) is 18.2 Å². The molecule has 0 amide bonds. The molecule has 1 aliphatic carbocycles. The van der Waals surface area contributed by atoms with E-state index in [1.807, 2.05) is 12.1 Å². The molecule has 0 radical (unpaired) electrons. The summed E-state index contributed by atoms with van der Waals surface area (Å²) >= 11 is 0. The van der Waals surface area contributed by atoms with Crippen LogP contribution in [-0.4, -0.2) is 25.4 Å². The first-order chi connectivity index (χ1) is 9.83. The normalized spacial score (nSPS) is 18.6. The van der Waals surface area contributed by atoms with Gasteiger partial charge < -0.3 is 10.6 Å². The number of Topliss-reactive ketones (excluding diaryl/α,β-unsaturated/α-hetero) is 1. The van der Waals surface area contributed by atoms with Gasteiger partial charge in [-0.05, 0) is 55.5 Å². The van der Waals surface area contributed by atoms with Crippen LogP contribution in [0.2, 0.25) is 0 Å². The maximum absolute atomic E-state index is 12.2. The largest absolute Gasteiger partial charge is 0.384 e. The second-order valence-corrected chi connectivity index (χ2v) is 6.11. The summed E-state index contributed by atoms with van der Waals surface area (Å²) in [5, 5.41) is 6.68. The van der Waals surface area contributed by atoms with Gasteiger partial charge in [0, 0.05) is 17.8 Å². The van der Waals surface area contributed by atoms with Crippen molar-refractivity contribution in [1.82, 2.24) is 5.32 Å². The van der Waals surface area contributed by atoms with Gasteiger partial charge in [-0.1, -0.05) is 19.3 Å². The van der Waals surface area contributed by atoms with E-state index in [9.17, 15) is 4.79 Å². The predicted octanol–water partition coefficient (Wildman–Crippen LogP) is 3.01. The lowest BCUT2D eigenvalue weighted by molar-refractivity contribution is 0.0989. The van der Waals surface area contributed by atoms with E-state index in [2.05, 4.69) is 16.7 Å². The van der Waals surface area contributed by atoms with Crippen molar-refractivity contribution in [1.29, 1.82) is 0 Å². The summed E-state index contributed by atoms with van der Waals surface area (Å²) in [6.45, 7) is 2.47. The van der Waals surface area contributed by atoms with Crippen molar-refractivity contribution in [3.8, 4) is 0 Å². The van der Waals surface area contributed by atoms with Crippen molar-refractivity contribution in [2.45, 2.75) is 38.5 Å². The highest BCUT2D eigenvalue weighted by Gasteiger charge is 2.15. The van der Waals surface area contributed by atoms with Crippen LogP contribution in [0.4, 0.5) is 5.69 Å². The van der Waals surface area contributed by atoms with Crippen LogP contribution in [0.25, 0.3) is 0 Å². The standard InChI is InChI=1S/C17H24N2O/c20-17(12-18-11-13-4-2-1-3-5-13)15-6-7-16-14(10-15)8-9-19-16/h6-7,10,13,18-19H,1-5,8-9,11-12H2. The first kappa shape index (κ1) is 13.6. The van der Waals surface area contributed by atoms with E-state index < -0.39 is 0 Å². The number of hydrogen-bond acceptors (Lipinski definition) is 3. The van der Waals surface area contributed by atoms with Crippen LogP contribution in [0.1, 0.15) is 48.0 Å². The Hall–Kier alpha value is -1.35. The van der Waals surface area contributed by atoms with E-state index in [1.54, 1.807) is 0 Å². The van der Waals surface area contributed by atoms with Crippen LogP contribution in [0.3, 0.4) is 0 Å². The Morgan fingerprint density at radius 2 is 2.10 bits per heavy atom. The topological polar surface area (TPSA) is 41.1 Å². The molecule has 1 fully saturated rings. The Kier molecular flexibility index (Phi) is 4.36. The van der Waals surface area contributed by atoms with Gasteiger partial charge >= 0.3 is 0 Å². The van der Waals surface area contributed by atoms with Crippen molar-refractivity contribution in [2.24, 2.45) is 5.92 Å².